The summed E-state index contributed by atoms with van der Waals surface area (Å²) < 4.78 is 7.14. The molecule has 1 saturated heterocycles. The van der Waals surface area contributed by atoms with Gasteiger partial charge in [0.1, 0.15) is 5.76 Å². The molecule has 148 valence electrons. The third-order valence-electron chi connectivity index (χ3n) is 5.29. The van der Waals surface area contributed by atoms with Crippen molar-refractivity contribution in [1.82, 2.24) is 25.1 Å². The Morgan fingerprint density at radius 1 is 1.24 bits per heavy atom. The van der Waals surface area contributed by atoms with Gasteiger partial charge in [0.2, 0.25) is 11.8 Å². The molecule has 3 heterocycles. The number of amides is 2. The lowest BCUT2D eigenvalue weighted by Gasteiger charge is -2.15. The van der Waals surface area contributed by atoms with Crippen molar-refractivity contribution in [2.75, 3.05) is 11.9 Å². The van der Waals surface area contributed by atoms with Gasteiger partial charge < -0.3 is 14.6 Å². The Labute approximate surface area is 166 Å². The van der Waals surface area contributed by atoms with Gasteiger partial charge in [-0.15, -0.1) is 5.10 Å². The van der Waals surface area contributed by atoms with Gasteiger partial charge in [0.15, 0.2) is 5.82 Å². The normalized spacial score (nSPS) is 19.0. The van der Waals surface area contributed by atoms with Gasteiger partial charge in [-0.1, -0.05) is 12.1 Å². The van der Waals surface area contributed by atoms with Gasteiger partial charge in [-0.25, -0.2) is 4.68 Å². The maximum atomic E-state index is 12.7. The number of hydrogen-bond acceptors (Lipinski definition) is 6. The third-order valence-corrected chi connectivity index (χ3v) is 5.29. The van der Waals surface area contributed by atoms with E-state index in [2.05, 4.69) is 20.8 Å². The molecule has 1 aliphatic heterocycles. The summed E-state index contributed by atoms with van der Waals surface area (Å²) in [6.07, 6.45) is 3.94. The van der Waals surface area contributed by atoms with Crippen molar-refractivity contribution in [3.63, 3.8) is 0 Å². The van der Waals surface area contributed by atoms with Gasteiger partial charge >= 0.3 is 0 Å². The van der Waals surface area contributed by atoms with E-state index in [0.29, 0.717) is 36.4 Å². The molecule has 2 amide bonds. The molecule has 3 aromatic rings. The van der Waals surface area contributed by atoms with Crippen molar-refractivity contribution < 1.29 is 14.0 Å². The summed E-state index contributed by atoms with van der Waals surface area (Å²) in [5.74, 6) is 0.806. The van der Waals surface area contributed by atoms with Crippen molar-refractivity contribution >= 4 is 17.5 Å². The van der Waals surface area contributed by atoms with E-state index < -0.39 is 5.92 Å². The summed E-state index contributed by atoms with van der Waals surface area (Å²) in [5, 5.41) is 14.9. The first-order valence-corrected chi connectivity index (χ1v) is 9.67. The Balaban J connectivity index is 1.26. The van der Waals surface area contributed by atoms with Crippen LogP contribution in [0.4, 0.5) is 5.69 Å². The average molecular weight is 392 g/mol. The zero-order valence-electron chi connectivity index (χ0n) is 15.7. The SMILES string of the molecule is O=C(Nc1cccc(-c2nnnn2C2CC2)c1)C1CC(=O)N(Cc2ccco2)C1. The van der Waals surface area contributed by atoms with Crippen LogP contribution in [0, 0.1) is 5.92 Å². The summed E-state index contributed by atoms with van der Waals surface area (Å²) in [6.45, 7) is 0.764. The van der Waals surface area contributed by atoms with E-state index in [-0.39, 0.29) is 18.2 Å². The standard InChI is InChI=1S/C20H20N6O3/c27-18-10-14(11-25(18)12-17-5-2-8-29-17)20(28)21-15-4-1-3-13(9-15)19-22-23-24-26(19)16-6-7-16/h1-5,8-9,14,16H,6-7,10-12H2,(H,21,28). The van der Waals surface area contributed by atoms with Gasteiger partial charge in [0.25, 0.3) is 0 Å². The molecule has 9 nitrogen and oxygen atoms in total. The molecule has 1 aromatic carbocycles. The monoisotopic (exact) mass is 392 g/mol. The molecule has 0 radical (unpaired) electrons. The lowest BCUT2D eigenvalue weighted by molar-refractivity contribution is -0.128. The lowest BCUT2D eigenvalue weighted by atomic mass is 10.1. The molecule has 0 bridgehead atoms. The number of nitrogens with one attached hydrogen (secondary N) is 1. The van der Waals surface area contributed by atoms with E-state index in [1.54, 1.807) is 17.2 Å². The van der Waals surface area contributed by atoms with Crippen LogP contribution in [0.5, 0.6) is 0 Å². The number of tetrazole rings is 1. The summed E-state index contributed by atoms with van der Waals surface area (Å²) in [4.78, 5) is 26.7. The Bertz CT molecular complexity index is 1040. The first-order valence-electron chi connectivity index (χ1n) is 9.67. The minimum Gasteiger partial charge on any atom is -0.467 e. The Kier molecular flexibility index (Phi) is 4.34. The van der Waals surface area contributed by atoms with E-state index in [9.17, 15) is 9.59 Å². The molecule has 1 atom stereocenters. The smallest absolute Gasteiger partial charge is 0.229 e. The Hall–Kier alpha value is -3.49. The largest absolute Gasteiger partial charge is 0.467 e. The second-order valence-corrected chi connectivity index (χ2v) is 7.50. The van der Waals surface area contributed by atoms with E-state index >= 15 is 0 Å². The van der Waals surface area contributed by atoms with E-state index in [4.69, 9.17) is 4.42 Å². The molecular formula is C20H20N6O3. The fourth-order valence-corrected chi connectivity index (χ4v) is 3.62. The minimum absolute atomic E-state index is 0.0427. The van der Waals surface area contributed by atoms with Crippen LogP contribution in [-0.2, 0) is 16.1 Å². The number of carbonyl (C=O) groups is 2. The minimum atomic E-state index is -0.391. The van der Waals surface area contributed by atoms with Crippen LogP contribution in [0.15, 0.2) is 47.1 Å². The van der Waals surface area contributed by atoms with E-state index in [1.807, 2.05) is 35.0 Å². The van der Waals surface area contributed by atoms with Crippen LogP contribution in [0.2, 0.25) is 0 Å². The molecule has 2 fully saturated rings. The number of benzene rings is 1. The second-order valence-electron chi connectivity index (χ2n) is 7.50. The number of carbonyl (C=O) groups excluding carboxylic acids is 2. The molecule has 1 saturated carbocycles. The summed E-state index contributed by atoms with van der Waals surface area (Å²) >= 11 is 0. The first kappa shape index (κ1) is 17.6. The van der Waals surface area contributed by atoms with Crippen molar-refractivity contribution in [3.05, 3.63) is 48.4 Å². The fraction of sp³-hybridized carbons (Fsp3) is 0.350. The highest BCUT2D eigenvalue weighted by Crippen LogP contribution is 2.36. The van der Waals surface area contributed by atoms with Crippen LogP contribution >= 0.6 is 0 Å². The quantitative estimate of drug-likeness (QED) is 0.690. The predicted molar refractivity (Wildman–Crippen MR) is 102 cm³/mol. The number of aromatic nitrogens is 4. The molecule has 1 N–H and O–H groups in total. The van der Waals surface area contributed by atoms with E-state index in [1.165, 1.54) is 0 Å². The summed E-state index contributed by atoms with van der Waals surface area (Å²) in [5.41, 5.74) is 1.51. The molecule has 0 spiro atoms. The van der Waals surface area contributed by atoms with Crippen molar-refractivity contribution in [2.24, 2.45) is 5.92 Å². The van der Waals surface area contributed by atoms with Gasteiger partial charge in [-0.3, -0.25) is 9.59 Å². The van der Waals surface area contributed by atoms with Gasteiger partial charge in [0.05, 0.1) is 24.8 Å². The zero-order chi connectivity index (χ0) is 19.8. The van der Waals surface area contributed by atoms with Gasteiger partial charge in [-0.2, -0.15) is 0 Å². The number of likely N-dealkylation sites (tertiary alicyclic amines) is 1. The topological polar surface area (TPSA) is 106 Å². The maximum Gasteiger partial charge on any atom is 0.229 e. The molecule has 29 heavy (non-hydrogen) atoms. The Morgan fingerprint density at radius 2 is 2.14 bits per heavy atom. The zero-order valence-corrected chi connectivity index (χ0v) is 15.7. The maximum absolute atomic E-state index is 12.7. The number of nitrogens with zero attached hydrogens (tertiary/aromatic N) is 5. The molecule has 1 unspecified atom stereocenters. The highest BCUT2D eigenvalue weighted by Gasteiger charge is 2.34. The fourth-order valence-electron chi connectivity index (χ4n) is 3.62. The highest BCUT2D eigenvalue weighted by atomic mass is 16.3. The van der Waals surface area contributed by atoms with Crippen molar-refractivity contribution in [2.45, 2.75) is 31.8 Å². The molecule has 2 aliphatic rings. The molecule has 1 aliphatic carbocycles. The van der Waals surface area contributed by atoms with Crippen LogP contribution in [0.1, 0.15) is 31.1 Å². The first-order chi connectivity index (χ1) is 14.2. The van der Waals surface area contributed by atoms with Gasteiger partial charge in [-0.05, 0) is 47.5 Å². The number of hydrogen-bond donors (Lipinski definition) is 1. The van der Waals surface area contributed by atoms with Crippen LogP contribution in [0.25, 0.3) is 11.4 Å². The van der Waals surface area contributed by atoms with Crippen LogP contribution in [0.3, 0.4) is 0 Å². The molecule has 2 aromatic heterocycles. The van der Waals surface area contributed by atoms with Crippen LogP contribution < -0.4 is 5.32 Å². The predicted octanol–water partition coefficient (Wildman–Crippen LogP) is 2.26. The summed E-state index contributed by atoms with van der Waals surface area (Å²) in [7, 11) is 0. The van der Waals surface area contributed by atoms with Crippen molar-refractivity contribution in [1.29, 1.82) is 0 Å². The van der Waals surface area contributed by atoms with Crippen LogP contribution in [-0.4, -0.2) is 43.5 Å². The molecular weight excluding hydrogens is 372 g/mol. The van der Waals surface area contributed by atoms with Gasteiger partial charge in [0, 0.05) is 24.2 Å². The number of furan rings is 1. The lowest BCUT2D eigenvalue weighted by Crippen LogP contribution is -2.27. The number of anilines is 1. The number of rotatable bonds is 6. The average Bonchev–Trinajstić information content (AvgIpc) is 3.09. The molecule has 9 heteroatoms. The third kappa shape index (κ3) is 3.63. The van der Waals surface area contributed by atoms with Crippen molar-refractivity contribution in [3.8, 4) is 11.4 Å². The highest BCUT2D eigenvalue weighted by molar-refractivity contribution is 5.97. The Morgan fingerprint density at radius 3 is 2.93 bits per heavy atom. The summed E-state index contributed by atoms with van der Waals surface area (Å²) in [6, 6.07) is 11.4. The second kappa shape index (κ2) is 7.16. The van der Waals surface area contributed by atoms with E-state index in [0.717, 1.165) is 18.4 Å². The molecule has 5 rings (SSSR count).